The van der Waals surface area contributed by atoms with E-state index in [2.05, 4.69) is 12.1 Å². The largest absolute Gasteiger partial charge is 0.497 e. The third kappa shape index (κ3) is 5.90. The highest BCUT2D eigenvalue weighted by Crippen LogP contribution is 2.40. The van der Waals surface area contributed by atoms with E-state index in [0.29, 0.717) is 18.0 Å². The van der Waals surface area contributed by atoms with Crippen LogP contribution in [-0.4, -0.2) is 50.7 Å². The Hall–Kier alpha value is -3.25. The lowest BCUT2D eigenvalue weighted by Gasteiger charge is -2.21. The lowest BCUT2D eigenvalue weighted by molar-refractivity contribution is 0.414. The van der Waals surface area contributed by atoms with Gasteiger partial charge in [0, 0.05) is 30.5 Å². The van der Waals surface area contributed by atoms with Crippen molar-refractivity contribution >= 4 is 49.2 Å². The summed E-state index contributed by atoms with van der Waals surface area (Å²) in [7, 11) is -0.136. The van der Waals surface area contributed by atoms with E-state index in [-0.39, 0.29) is 23.0 Å². The lowest BCUT2D eigenvalue weighted by Crippen LogP contribution is -2.27. The van der Waals surface area contributed by atoms with Gasteiger partial charge in [-0.25, -0.2) is 18.4 Å². The van der Waals surface area contributed by atoms with Crippen LogP contribution in [0.15, 0.2) is 88.2 Å². The molecule has 0 aliphatic carbocycles. The predicted molar refractivity (Wildman–Crippen MR) is 168 cm³/mol. The van der Waals surface area contributed by atoms with Gasteiger partial charge in [0.1, 0.15) is 11.5 Å². The number of ether oxygens (including phenoxy) is 2. The van der Waals surface area contributed by atoms with Crippen molar-refractivity contribution < 1.29 is 17.9 Å². The summed E-state index contributed by atoms with van der Waals surface area (Å²) in [5.41, 5.74) is 4.76. The Kier molecular flexibility index (Phi) is 8.79. The first kappa shape index (κ1) is 29.2. The van der Waals surface area contributed by atoms with Gasteiger partial charge in [-0.1, -0.05) is 24.3 Å². The Morgan fingerprint density at radius 3 is 2.02 bits per heavy atom. The van der Waals surface area contributed by atoms with Crippen LogP contribution in [0, 0.1) is 0 Å². The summed E-state index contributed by atoms with van der Waals surface area (Å²) in [6.45, 7) is 1.17. The molecule has 1 aromatic heterocycles. The summed E-state index contributed by atoms with van der Waals surface area (Å²) in [5.74, 6) is 1.60. The van der Waals surface area contributed by atoms with Crippen LogP contribution in [0.1, 0.15) is 36.4 Å². The Morgan fingerprint density at radius 2 is 1.41 bits per heavy atom. The molecule has 11 heteroatoms. The molecule has 1 atom stereocenters. The van der Waals surface area contributed by atoms with Gasteiger partial charge in [-0.05, 0) is 72.5 Å². The first-order chi connectivity index (χ1) is 19.5. The minimum absolute atomic E-state index is 0. The van der Waals surface area contributed by atoms with E-state index in [0.717, 1.165) is 64.0 Å². The van der Waals surface area contributed by atoms with Crippen molar-refractivity contribution in [3.05, 3.63) is 89.3 Å². The van der Waals surface area contributed by atoms with E-state index in [4.69, 9.17) is 19.6 Å². The van der Waals surface area contributed by atoms with Crippen LogP contribution >= 0.6 is 28.3 Å². The fourth-order valence-electron chi connectivity index (χ4n) is 5.11. The van der Waals surface area contributed by atoms with E-state index in [1.807, 2.05) is 58.9 Å². The Morgan fingerprint density at radius 1 is 0.829 bits per heavy atom. The maximum atomic E-state index is 12.9. The van der Waals surface area contributed by atoms with E-state index >= 15 is 0 Å². The molecule has 1 saturated heterocycles. The van der Waals surface area contributed by atoms with Gasteiger partial charge in [-0.15, -0.1) is 28.3 Å². The van der Waals surface area contributed by atoms with Crippen molar-refractivity contribution in [1.82, 2.24) is 9.29 Å². The molecule has 1 unspecified atom stereocenters. The highest BCUT2D eigenvalue weighted by molar-refractivity contribution is 8.93. The van der Waals surface area contributed by atoms with Gasteiger partial charge in [-0.3, -0.25) is 0 Å². The highest BCUT2D eigenvalue weighted by atomic mass is 79.9. The molecule has 41 heavy (non-hydrogen) atoms. The van der Waals surface area contributed by atoms with Crippen LogP contribution in [0.2, 0.25) is 0 Å². The monoisotopic (exact) mass is 654 g/mol. The van der Waals surface area contributed by atoms with Gasteiger partial charge in [0.15, 0.2) is 0 Å². The fraction of sp³-hybridized carbons (Fsp3) is 0.267. The number of benzene rings is 3. The molecule has 2 aliphatic rings. The zero-order valence-corrected chi connectivity index (χ0v) is 26.1. The molecule has 0 amide bonds. The second-order valence-electron chi connectivity index (χ2n) is 9.76. The molecule has 0 spiro atoms. The average Bonchev–Trinajstić information content (AvgIpc) is 3.79. The summed E-state index contributed by atoms with van der Waals surface area (Å²) >= 11 is 1.52. The van der Waals surface area contributed by atoms with E-state index in [9.17, 15) is 8.42 Å². The molecule has 1 fully saturated rings. The van der Waals surface area contributed by atoms with Crippen molar-refractivity contribution in [2.45, 2.75) is 30.2 Å². The molecule has 8 nitrogen and oxygen atoms in total. The second-order valence-corrected chi connectivity index (χ2v) is 12.5. The third-order valence-electron chi connectivity index (χ3n) is 7.38. The van der Waals surface area contributed by atoms with Gasteiger partial charge < -0.3 is 9.47 Å². The van der Waals surface area contributed by atoms with Crippen molar-refractivity contribution in [1.29, 1.82) is 0 Å². The quantitative estimate of drug-likeness (QED) is 0.214. The minimum atomic E-state index is -3.45. The van der Waals surface area contributed by atoms with Crippen molar-refractivity contribution in [2.24, 2.45) is 5.10 Å². The number of hydrogen-bond acceptors (Lipinski definition) is 8. The first-order valence-corrected chi connectivity index (χ1v) is 15.5. The van der Waals surface area contributed by atoms with Crippen molar-refractivity contribution in [3.63, 3.8) is 0 Å². The van der Waals surface area contributed by atoms with Crippen molar-refractivity contribution in [3.8, 4) is 22.8 Å². The normalized spacial score (nSPS) is 17.3. The number of thiazole rings is 1. The summed E-state index contributed by atoms with van der Waals surface area (Å²) in [5, 5.41) is 9.77. The Bertz CT molecular complexity index is 1620. The Balaban J connectivity index is 0.00000337. The maximum Gasteiger partial charge on any atom is 0.243 e. The number of methoxy groups -OCH3 is 2. The first-order valence-electron chi connectivity index (χ1n) is 13.2. The summed E-state index contributed by atoms with van der Waals surface area (Å²) in [4.78, 5) is 5.25. The number of hydrazone groups is 1. The van der Waals surface area contributed by atoms with Crippen LogP contribution in [-0.2, 0) is 10.0 Å². The molecule has 0 radical (unpaired) electrons. The fourth-order valence-corrected chi connectivity index (χ4v) is 7.46. The van der Waals surface area contributed by atoms with E-state index in [1.165, 1.54) is 11.3 Å². The standard InChI is InChI=1S/C30H30N4O4S2.BrH/c1-37-24-11-5-21(6-12-24)27-19-29(23-7-13-25(38-2)14-8-23)34(32-27)30-31-28(20-39-30)22-9-15-26(16-10-22)40(35,36)33-17-3-4-18-33;/h5-16,20,29H,3-4,17-19H2,1-2H3;1H. The lowest BCUT2D eigenvalue weighted by atomic mass is 9.98. The topological polar surface area (TPSA) is 84.3 Å². The number of anilines is 1. The molecule has 4 aromatic rings. The molecule has 0 bridgehead atoms. The van der Waals surface area contributed by atoms with E-state index in [1.54, 1.807) is 30.7 Å². The minimum Gasteiger partial charge on any atom is -0.497 e. The Labute approximate surface area is 255 Å². The SMILES string of the molecule is Br.COc1ccc(C2=NN(c3nc(-c4ccc(S(=O)(=O)N5CCCC5)cc4)cs3)C(c3ccc(OC)cc3)C2)cc1. The summed E-state index contributed by atoms with van der Waals surface area (Å²) in [6, 6.07) is 23.0. The molecule has 3 aromatic carbocycles. The van der Waals surface area contributed by atoms with Crippen LogP contribution in [0.25, 0.3) is 11.3 Å². The van der Waals surface area contributed by atoms with E-state index < -0.39 is 10.0 Å². The summed E-state index contributed by atoms with van der Waals surface area (Å²) in [6.07, 6.45) is 2.54. The maximum absolute atomic E-state index is 12.9. The molecule has 0 N–H and O–H groups in total. The van der Waals surface area contributed by atoms with Crippen LogP contribution in [0.3, 0.4) is 0 Å². The summed E-state index contributed by atoms with van der Waals surface area (Å²) < 4.78 is 38.1. The van der Waals surface area contributed by atoms with Gasteiger partial charge in [0.05, 0.1) is 36.6 Å². The van der Waals surface area contributed by atoms with Crippen LogP contribution in [0.4, 0.5) is 5.13 Å². The van der Waals surface area contributed by atoms with Crippen LogP contribution in [0.5, 0.6) is 11.5 Å². The zero-order chi connectivity index (χ0) is 27.7. The zero-order valence-electron chi connectivity index (χ0n) is 22.8. The molecule has 2 aliphatic heterocycles. The predicted octanol–water partition coefficient (Wildman–Crippen LogP) is 6.55. The van der Waals surface area contributed by atoms with Gasteiger partial charge >= 0.3 is 0 Å². The van der Waals surface area contributed by atoms with Gasteiger partial charge in [0.2, 0.25) is 15.2 Å². The van der Waals surface area contributed by atoms with Crippen LogP contribution < -0.4 is 14.5 Å². The molecule has 6 rings (SSSR count). The number of sulfonamides is 1. The van der Waals surface area contributed by atoms with Gasteiger partial charge in [-0.2, -0.15) is 9.41 Å². The van der Waals surface area contributed by atoms with Crippen molar-refractivity contribution in [2.75, 3.05) is 32.3 Å². The molecular formula is C30H31BrN4O4S2. The number of rotatable bonds is 8. The highest BCUT2D eigenvalue weighted by Gasteiger charge is 2.32. The number of halogens is 1. The smallest absolute Gasteiger partial charge is 0.243 e. The average molecular weight is 656 g/mol. The third-order valence-corrected chi connectivity index (χ3v) is 10.1. The molecular weight excluding hydrogens is 624 g/mol. The molecule has 3 heterocycles. The van der Waals surface area contributed by atoms with Gasteiger partial charge in [0.25, 0.3) is 0 Å². The number of nitrogens with zero attached hydrogens (tertiary/aromatic N) is 4. The number of hydrogen-bond donors (Lipinski definition) is 0. The molecule has 0 saturated carbocycles. The number of aromatic nitrogens is 1. The molecule has 214 valence electrons. The second kappa shape index (κ2) is 12.3.